The van der Waals surface area contributed by atoms with Gasteiger partial charge in [-0.25, -0.2) is 5.43 Å². The van der Waals surface area contributed by atoms with Gasteiger partial charge >= 0.3 is 5.97 Å². The van der Waals surface area contributed by atoms with Crippen molar-refractivity contribution >= 4 is 40.4 Å². The number of carbonyl (C=O) groups excluding carboxylic acids is 5. The molecule has 0 radical (unpaired) electrons. The van der Waals surface area contributed by atoms with Gasteiger partial charge in [0.1, 0.15) is 29.6 Å². The molecule has 15 nitrogen and oxygen atoms in total. The summed E-state index contributed by atoms with van der Waals surface area (Å²) in [7, 11) is 7.06. The molecule has 0 spiro atoms. The molecule has 2 aliphatic heterocycles. The number of ketones is 1. The fraction of sp³-hybridized carbons (Fsp3) is 0.439. The smallest absolute Gasteiger partial charge is 0.324 e. The molecule has 3 atom stereocenters. The number of hydrogen-bond donors (Lipinski definition) is 3. The number of allylic oxidation sites excluding steroid dienone is 1. The van der Waals surface area contributed by atoms with E-state index in [-0.39, 0.29) is 43.2 Å². The van der Waals surface area contributed by atoms with Gasteiger partial charge in [0, 0.05) is 74.7 Å². The Kier molecular flexibility index (Phi) is 17.2. The van der Waals surface area contributed by atoms with Gasteiger partial charge in [-0.1, -0.05) is 76.2 Å². The number of phenolic OH excluding ortho intramolecular Hbond substituents is 1. The van der Waals surface area contributed by atoms with Crippen molar-refractivity contribution in [2.45, 2.75) is 97.8 Å². The number of nitrogens with one attached hydrogen (secondary N) is 2. The topological polar surface area (TPSA) is 176 Å². The van der Waals surface area contributed by atoms with Gasteiger partial charge in [0.25, 0.3) is 11.8 Å². The molecule has 3 aromatic carbocycles. The molecule has 3 N–H and O–H groups in total. The van der Waals surface area contributed by atoms with Crippen LogP contribution in [0.15, 0.2) is 91.1 Å². The van der Waals surface area contributed by atoms with Crippen molar-refractivity contribution in [2.24, 2.45) is 11.3 Å². The molecule has 3 amide bonds. The number of benzene rings is 3. The Morgan fingerprint density at radius 2 is 1.81 bits per heavy atom. The number of esters is 1. The van der Waals surface area contributed by atoms with Gasteiger partial charge in [-0.05, 0) is 122 Å². The van der Waals surface area contributed by atoms with Crippen LogP contribution in [0.2, 0.25) is 0 Å². The second-order valence-corrected chi connectivity index (χ2v) is 20.6. The number of hydrogen-bond acceptors (Lipinski definition) is 11. The van der Waals surface area contributed by atoms with Crippen LogP contribution in [0.5, 0.6) is 5.75 Å². The van der Waals surface area contributed by atoms with Crippen molar-refractivity contribution in [1.29, 1.82) is 0 Å². The van der Waals surface area contributed by atoms with E-state index in [2.05, 4.69) is 71.4 Å². The molecule has 1 fully saturated rings. The number of pyridine rings is 1. The van der Waals surface area contributed by atoms with Gasteiger partial charge < -0.3 is 34.3 Å². The Balaban J connectivity index is 1.25. The van der Waals surface area contributed by atoms with Gasteiger partial charge in [-0.3, -0.25) is 34.0 Å². The third-order valence-corrected chi connectivity index (χ3v) is 13.5. The monoisotopic (exact) mass is 982 g/mol. The van der Waals surface area contributed by atoms with Crippen LogP contribution in [0, 0.1) is 11.3 Å². The summed E-state index contributed by atoms with van der Waals surface area (Å²) in [6.07, 6.45) is 7.16. The highest BCUT2D eigenvalue weighted by atomic mass is 16.5. The largest absolute Gasteiger partial charge is 0.508 e. The minimum atomic E-state index is -1.19. The van der Waals surface area contributed by atoms with Gasteiger partial charge in [0.2, 0.25) is 5.91 Å². The summed E-state index contributed by atoms with van der Waals surface area (Å²) in [6.45, 7) is 12.2. The number of aromatic nitrogens is 2. The fourth-order valence-corrected chi connectivity index (χ4v) is 10.00. The summed E-state index contributed by atoms with van der Waals surface area (Å²) in [5.41, 5.74) is 11.0. The Bertz CT molecular complexity index is 2810. The summed E-state index contributed by atoms with van der Waals surface area (Å²) in [6, 6.07) is 20.1. The van der Waals surface area contributed by atoms with Gasteiger partial charge in [0.05, 0.1) is 18.9 Å². The number of aryl methyl sites for hydroxylation is 1. The molecule has 0 unspecified atom stereocenters. The summed E-state index contributed by atoms with van der Waals surface area (Å²) in [5, 5.41) is 16.8. The summed E-state index contributed by atoms with van der Waals surface area (Å²) in [5.74, 6) is -2.55. The lowest BCUT2D eigenvalue weighted by atomic mass is 9.83. The summed E-state index contributed by atoms with van der Waals surface area (Å²) < 4.78 is 14.0. The van der Waals surface area contributed by atoms with Crippen LogP contribution in [0.25, 0.3) is 33.3 Å². The maximum Gasteiger partial charge on any atom is 0.324 e. The zero-order chi connectivity index (χ0) is 51.9. The molecular weight excluding hydrogens is 911 g/mol. The van der Waals surface area contributed by atoms with Crippen molar-refractivity contribution in [3.63, 3.8) is 0 Å². The molecule has 1 saturated heterocycles. The number of ether oxygens (including phenoxy) is 2. The van der Waals surface area contributed by atoms with Gasteiger partial charge in [-0.2, -0.15) is 0 Å². The lowest BCUT2D eigenvalue weighted by molar-refractivity contribution is -0.155. The molecule has 7 rings (SSSR count). The van der Waals surface area contributed by atoms with Crippen molar-refractivity contribution < 1.29 is 38.6 Å². The number of likely N-dealkylation sites (N-methyl/N-ethyl adjacent to an activating group) is 2. The molecular formula is C57H71N7O8. The normalized spacial score (nSPS) is 17.8. The van der Waals surface area contributed by atoms with E-state index in [4.69, 9.17) is 9.47 Å². The zero-order valence-corrected chi connectivity index (χ0v) is 43.3. The quantitative estimate of drug-likeness (QED) is 0.0731. The first-order chi connectivity index (χ1) is 34.4. The molecule has 15 heteroatoms. The van der Waals surface area contributed by atoms with E-state index < -0.39 is 53.1 Å². The molecule has 0 saturated carbocycles. The molecule has 0 aliphatic carbocycles. The number of aromatic hydroxyl groups is 1. The number of methoxy groups -OCH3 is 1. The van der Waals surface area contributed by atoms with E-state index in [1.807, 2.05) is 51.0 Å². The fourth-order valence-electron chi connectivity index (χ4n) is 10.00. The molecule has 2 aliphatic rings. The molecule has 2 aromatic heterocycles. The Labute approximate surface area is 423 Å². The molecule has 6 bridgehead atoms. The third kappa shape index (κ3) is 12.5. The highest BCUT2D eigenvalue weighted by Gasteiger charge is 2.38. The van der Waals surface area contributed by atoms with E-state index in [0.717, 1.165) is 50.8 Å². The zero-order valence-electron chi connectivity index (χ0n) is 43.3. The van der Waals surface area contributed by atoms with E-state index in [1.54, 1.807) is 37.5 Å². The van der Waals surface area contributed by atoms with E-state index in [9.17, 15) is 29.1 Å². The van der Waals surface area contributed by atoms with Crippen LogP contribution < -0.4 is 10.7 Å². The van der Waals surface area contributed by atoms with E-state index in [0.29, 0.717) is 50.1 Å². The van der Waals surface area contributed by atoms with Crippen LogP contribution in [0.3, 0.4) is 0 Å². The third-order valence-electron chi connectivity index (χ3n) is 13.5. The van der Waals surface area contributed by atoms with E-state index in [1.165, 1.54) is 29.2 Å². The Hall–Kier alpha value is -6.68. The minimum absolute atomic E-state index is 0.0114. The van der Waals surface area contributed by atoms with Crippen LogP contribution in [0.4, 0.5) is 0 Å². The first-order valence-corrected chi connectivity index (χ1v) is 25.0. The molecule has 72 heavy (non-hydrogen) atoms. The SMILES string of the molecule is CCn1c(-c2ccccc2CCOC)c2c3cc(ccc31)-c1cc(O)cc(c1)C[C@H](NC(=O)[C@H](C(C)C)N(C)C(=O)c1ccc(CC(=O)/C=C/CN(C)C)cn1)C(=O)N1CCC[C@H](N1)C(=O)OCC(C)(C)C2. The van der Waals surface area contributed by atoms with Crippen molar-refractivity contribution in [1.82, 2.24) is 35.1 Å². The minimum Gasteiger partial charge on any atom is -0.508 e. The van der Waals surface area contributed by atoms with Crippen molar-refractivity contribution in [3.05, 3.63) is 119 Å². The second-order valence-electron chi connectivity index (χ2n) is 20.6. The number of carbonyl (C=O) groups is 5. The van der Waals surface area contributed by atoms with Gasteiger partial charge in [0.15, 0.2) is 5.78 Å². The highest BCUT2D eigenvalue weighted by Crippen LogP contribution is 2.41. The average Bonchev–Trinajstić information content (AvgIpc) is 3.65. The van der Waals surface area contributed by atoms with Gasteiger partial charge in [-0.15, -0.1) is 0 Å². The van der Waals surface area contributed by atoms with Crippen LogP contribution in [-0.2, 0) is 60.9 Å². The maximum atomic E-state index is 14.8. The van der Waals surface area contributed by atoms with Crippen LogP contribution in [0.1, 0.15) is 80.2 Å². The Morgan fingerprint density at radius 1 is 1.03 bits per heavy atom. The Morgan fingerprint density at radius 3 is 2.51 bits per heavy atom. The molecule has 4 heterocycles. The van der Waals surface area contributed by atoms with E-state index >= 15 is 0 Å². The first-order valence-electron chi connectivity index (χ1n) is 25.0. The molecule has 5 aromatic rings. The summed E-state index contributed by atoms with van der Waals surface area (Å²) >= 11 is 0. The lowest BCUT2D eigenvalue weighted by Gasteiger charge is -2.36. The molecule has 382 valence electrons. The predicted octanol–water partition coefficient (Wildman–Crippen LogP) is 6.96. The van der Waals surface area contributed by atoms with Crippen molar-refractivity contribution in [3.8, 4) is 28.1 Å². The predicted molar refractivity (Wildman–Crippen MR) is 279 cm³/mol. The maximum absolute atomic E-state index is 14.8. The highest BCUT2D eigenvalue weighted by molar-refractivity contribution is 5.98. The van der Waals surface area contributed by atoms with Crippen LogP contribution in [-0.4, -0.2) is 132 Å². The number of phenols is 1. The van der Waals surface area contributed by atoms with Crippen molar-refractivity contribution in [2.75, 3.05) is 54.6 Å². The standard InChI is InChI=1S/C57H71N7O8/c1-10-63-50-22-20-40-32-45(50)46(52(63)44-17-12-11-15-39(44)23-26-71-9)33-57(4,5)35-72-56(70)48-18-14-25-64(60-48)55(69)49(30-38-27-41(40)31-43(66)29-38)59-53(67)51(36(2)3)62(8)54(68)47-21-19-37(34-58-47)28-42(65)16-13-24-61(6)7/h11-13,15-17,19-22,27,29,31-32,34,36,48-49,51,60,66H,10,14,18,23-26,28,30,33,35H2,1-9H3,(H,59,67)/b16-13+/t48-,49-,51-/m0/s1. The number of hydrazine groups is 1. The number of rotatable bonds is 15. The number of nitrogens with zero attached hydrogens (tertiary/aromatic N) is 5. The second kappa shape index (κ2) is 23.2. The summed E-state index contributed by atoms with van der Waals surface area (Å²) in [4.78, 5) is 77.6. The average molecular weight is 982 g/mol. The lowest BCUT2D eigenvalue weighted by Crippen LogP contribution is -2.62. The number of fused-ring (bicyclic) bond motifs is 6. The first kappa shape index (κ1) is 53.1. The number of amides is 3. The number of cyclic esters (lactones) is 1. The van der Waals surface area contributed by atoms with Crippen LogP contribution >= 0.6 is 0 Å².